The van der Waals surface area contributed by atoms with Crippen molar-refractivity contribution < 1.29 is 9.59 Å². The molecule has 0 saturated carbocycles. The Bertz CT molecular complexity index is 519. The molecule has 2 rings (SSSR count). The lowest BCUT2D eigenvalue weighted by molar-refractivity contribution is -0.132. The number of carbonyl (C=O) groups excluding carboxylic acids is 2. The summed E-state index contributed by atoms with van der Waals surface area (Å²) >= 11 is 0. The molecular formula is C14H23N5O2. The van der Waals surface area contributed by atoms with Gasteiger partial charge >= 0.3 is 0 Å². The highest BCUT2D eigenvalue weighted by Crippen LogP contribution is 2.07. The number of hydrogen-bond donors (Lipinski definition) is 1. The first kappa shape index (κ1) is 15.5. The first-order valence-electron chi connectivity index (χ1n) is 7.31. The fourth-order valence-electron chi connectivity index (χ4n) is 2.44. The number of amides is 2. The number of piperazine rings is 1. The summed E-state index contributed by atoms with van der Waals surface area (Å²) < 4.78 is 1.67. The molecule has 1 aromatic heterocycles. The van der Waals surface area contributed by atoms with Crippen molar-refractivity contribution in [1.82, 2.24) is 24.9 Å². The maximum absolute atomic E-state index is 12.4. The van der Waals surface area contributed by atoms with Gasteiger partial charge in [0.25, 0.3) is 5.91 Å². The maximum atomic E-state index is 12.4. The van der Waals surface area contributed by atoms with E-state index in [-0.39, 0.29) is 18.4 Å². The highest BCUT2D eigenvalue weighted by Gasteiger charge is 2.22. The summed E-state index contributed by atoms with van der Waals surface area (Å²) in [5.41, 5.74) is 1.34. The molecular weight excluding hydrogens is 270 g/mol. The van der Waals surface area contributed by atoms with Gasteiger partial charge < -0.3 is 15.1 Å². The molecule has 1 N–H and O–H groups in total. The minimum absolute atomic E-state index is 0.00774. The van der Waals surface area contributed by atoms with E-state index in [0.29, 0.717) is 25.3 Å². The smallest absolute Gasteiger partial charge is 0.272 e. The van der Waals surface area contributed by atoms with Crippen LogP contribution in [0.1, 0.15) is 23.1 Å². The number of nitrogens with one attached hydrogen (secondary N) is 1. The van der Waals surface area contributed by atoms with Crippen LogP contribution < -0.4 is 5.32 Å². The highest BCUT2D eigenvalue weighted by atomic mass is 16.2. The summed E-state index contributed by atoms with van der Waals surface area (Å²) in [7, 11) is 1.66. The van der Waals surface area contributed by atoms with Crippen molar-refractivity contribution in [1.29, 1.82) is 0 Å². The molecule has 2 amide bonds. The number of carbonyl (C=O) groups is 2. The van der Waals surface area contributed by atoms with Gasteiger partial charge in [-0.1, -0.05) is 0 Å². The third-order valence-corrected chi connectivity index (χ3v) is 3.61. The van der Waals surface area contributed by atoms with Crippen LogP contribution in [0, 0.1) is 6.92 Å². The monoisotopic (exact) mass is 293 g/mol. The maximum Gasteiger partial charge on any atom is 0.272 e. The first-order chi connectivity index (χ1) is 10.0. The van der Waals surface area contributed by atoms with E-state index >= 15 is 0 Å². The normalized spacial score (nSPS) is 15.1. The Labute approximate surface area is 124 Å². The second-order valence-electron chi connectivity index (χ2n) is 5.28. The van der Waals surface area contributed by atoms with Crippen molar-refractivity contribution in [2.45, 2.75) is 20.4 Å². The molecule has 7 nitrogen and oxygen atoms in total. The van der Waals surface area contributed by atoms with Crippen LogP contribution in [0.25, 0.3) is 0 Å². The van der Waals surface area contributed by atoms with E-state index < -0.39 is 0 Å². The molecule has 0 bridgehead atoms. The third-order valence-electron chi connectivity index (χ3n) is 3.61. The van der Waals surface area contributed by atoms with E-state index in [1.165, 1.54) is 4.90 Å². The molecule has 1 aromatic rings. The summed E-state index contributed by atoms with van der Waals surface area (Å²) in [6.07, 6.45) is 0. The van der Waals surface area contributed by atoms with Crippen LogP contribution in [0.2, 0.25) is 0 Å². The fourth-order valence-corrected chi connectivity index (χ4v) is 2.44. The van der Waals surface area contributed by atoms with Gasteiger partial charge in [-0.05, 0) is 19.9 Å². The zero-order valence-corrected chi connectivity index (χ0v) is 12.9. The Morgan fingerprint density at radius 1 is 1.38 bits per heavy atom. The van der Waals surface area contributed by atoms with Crippen molar-refractivity contribution in [3.05, 3.63) is 17.5 Å². The molecule has 0 aliphatic carbocycles. The van der Waals surface area contributed by atoms with Crippen LogP contribution >= 0.6 is 0 Å². The second kappa shape index (κ2) is 6.71. The van der Waals surface area contributed by atoms with Crippen molar-refractivity contribution >= 4 is 11.8 Å². The van der Waals surface area contributed by atoms with E-state index in [2.05, 4.69) is 10.4 Å². The molecule has 1 fully saturated rings. The molecule has 7 heteroatoms. The van der Waals surface area contributed by atoms with Gasteiger partial charge in [0.2, 0.25) is 5.91 Å². The Balaban J connectivity index is 2.00. The molecule has 1 saturated heterocycles. The Hall–Kier alpha value is -1.89. The lowest BCUT2D eigenvalue weighted by Crippen LogP contribution is -2.49. The second-order valence-corrected chi connectivity index (χ2v) is 5.28. The van der Waals surface area contributed by atoms with Gasteiger partial charge in [0.15, 0.2) is 0 Å². The molecule has 1 aliphatic rings. The van der Waals surface area contributed by atoms with E-state index in [1.807, 2.05) is 13.8 Å². The van der Waals surface area contributed by atoms with Crippen LogP contribution in [0.3, 0.4) is 0 Å². The Morgan fingerprint density at radius 3 is 2.67 bits per heavy atom. The van der Waals surface area contributed by atoms with E-state index in [0.717, 1.165) is 18.8 Å². The Kier molecular flexibility index (Phi) is 4.95. The van der Waals surface area contributed by atoms with Crippen LogP contribution in [-0.2, 0) is 11.3 Å². The average Bonchev–Trinajstić information content (AvgIpc) is 2.88. The summed E-state index contributed by atoms with van der Waals surface area (Å²) in [6.45, 7) is 7.56. The minimum atomic E-state index is -0.166. The molecule has 1 aliphatic heterocycles. The predicted octanol–water partition coefficient (Wildman–Crippen LogP) is -0.285. The lowest BCUT2D eigenvalue weighted by Gasteiger charge is -2.29. The molecule has 2 heterocycles. The molecule has 0 radical (unpaired) electrons. The zero-order chi connectivity index (χ0) is 15.4. The van der Waals surface area contributed by atoms with Crippen LogP contribution in [0.15, 0.2) is 6.07 Å². The SMILES string of the molecule is CCn1nc(C)cc1C(=O)N(C)CC(=O)N1CCNCC1. The number of nitrogens with zero attached hydrogens (tertiary/aromatic N) is 4. The van der Waals surface area contributed by atoms with Crippen LogP contribution in [0.4, 0.5) is 0 Å². The molecule has 0 unspecified atom stereocenters. The minimum Gasteiger partial charge on any atom is -0.339 e. The van der Waals surface area contributed by atoms with E-state index in [4.69, 9.17) is 0 Å². The summed E-state index contributed by atoms with van der Waals surface area (Å²) in [5, 5.41) is 7.47. The van der Waals surface area contributed by atoms with Crippen LogP contribution in [-0.4, -0.2) is 71.2 Å². The predicted molar refractivity (Wildman–Crippen MR) is 79.0 cm³/mol. The average molecular weight is 293 g/mol. The van der Waals surface area contributed by atoms with Crippen molar-refractivity contribution in [2.75, 3.05) is 39.8 Å². The highest BCUT2D eigenvalue weighted by molar-refractivity contribution is 5.95. The molecule has 0 spiro atoms. The van der Waals surface area contributed by atoms with E-state index in [9.17, 15) is 9.59 Å². The fraction of sp³-hybridized carbons (Fsp3) is 0.643. The zero-order valence-electron chi connectivity index (χ0n) is 12.9. The molecule has 21 heavy (non-hydrogen) atoms. The number of aryl methyl sites for hydroxylation is 2. The molecule has 0 atom stereocenters. The topological polar surface area (TPSA) is 70.5 Å². The van der Waals surface area contributed by atoms with Gasteiger partial charge in [-0.25, -0.2) is 0 Å². The van der Waals surface area contributed by atoms with Crippen molar-refractivity contribution in [3.63, 3.8) is 0 Å². The van der Waals surface area contributed by atoms with Crippen molar-refractivity contribution in [2.24, 2.45) is 0 Å². The summed E-state index contributed by atoms with van der Waals surface area (Å²) in [4.78, 5) is 27.9. The van der Waals surface area contributed by atoms with Gasteiger partial charge in [0.1, 0.15) is 5.69 Å². The lowest BCUT2D eigenvalue weighted by atomic mass is 10.3. The number of hydrogen-bond acceptors (Lipinski definition) is 4. The van der Waals surface area contributed by atoms with Gasteiger partial charge in [-0.15, -0.1) is 0 Å². The largest absolute Gasteiger partial charge is 0.339 e. The van der Waals surface area contributed by atoms with Crippen molar-refractivity contribution in [3.8, 4) is 0 Å². The number of likely N-dealkylation sites (N-methyl/N-ethyl adjacent to an activating group) is 1. The summed E-state index contributed by atoms with van der Waals surface area (Å²) in [6, 6.07) is 1.76. The number of rotatable bonds is 4. The first-order valence-corrected chi connectivity index (χ1v) is 7.31. The van der Waals surface area contributed by atoms with Gasteiger partial charge in [0, 0.05) is 39.8 Å². The Morgan fingerprint density at radius 2 is 2.05 bits per heavy atom. The molecule has 116 valence electrons. The van der Waals surface area contributed by atoms with Crippen LogP contribution in [0.5, 0.6) is 0 Å². The van der Waals surface area contributed by atoms with Gasteiger partial charge in [-0.2, -0.15) is 5.10 Å². The quantitative estimate of drug-likeness (QED) is 0.828. The van der Waals surface area contributed by atoms with E-state index in [1.54, 1.807) is 22.7 Å². The van der Waals surface area contributed by atoms with Gasteiger partial charge in [-0.3, -0.25) is 14.3 Å². The third kappa shape index (κ3) is 3.60. The van der Waals surface area contributed by atoms with Gasteiger partial charge in [0.05, 0.1) is 12.2 Å². The molecule has 0 aromatic carbocycles. The summed E-state index contributed by atoms with van der Waals surface area (Å²) in [5.74, 6) is -0.174. The standard InChI is InChI=1S/C14H23N5O2/c1-4-19-12(9-11(2)16-19)14(21)17(3)10-13(20)18-7-5-15-6-8-18/h9,15H,4-8,10H2,1-3H3. The number of aromatic nitrogens is 2.